The standard InChI is InChI=1S/C13H9F3O2/c14-9-6-13(16,12(17)18)7-10(15)11(9)8-4-2-1-3-5-8/h1-6H,7H2,(H,17,18). The predicted octanol–water partition coefficient (Wildman–Crippen LogP) is 3.42. The van der Waals surface area contributed by atoms with Gasteiger partial charge in [0.1, 0.15) is 11.7 Å². The van der Waals surface area contributed by atoms with Crippen LogP contribution in [0.15, 0.2) is 48.1 Å². The third kappa shape index (κ3) is 2.03. The van der Waals surface area contributed by atoms with Gasteiger partial charge >= 0.3 is 5.97 Å². The highest BCUT2D eigenvalue weighted by molar-refractivity contribution is 5.87. The number of alkyl halides is 1. The summed E-state index contributed by atoms with van der Waals surface area (Å²) in [6.45, 7) is 0. The summed E-state index contributed by atoms with van der Waals surface area (Å²) < 4.78 is 41.1. The lowest BCUT2D eigenvalue weighted by Crippen LogP contribution is -2.33. The van der Waals surface area contributed by atoms with E-state index in [1.54, 1.807) is 18.2 Å². The van der Waals surface area contributed by atoms with Gasteiger partial charge < -0.3 is 5.11 Å². The number of aliphatic carboxylic acids is 1. The van der Waals surface area contributed by atoms with Crippen molar-refractivity contribution in [2.24, 2.45) is 0 Å². The van der Waals surface area contributed by atoms with Gasteiger partial charge in [-0.3, -0.25) is 0 Å². The fraction of sp³-hybridized carbons (Fsp3) is 0.154. The second-order valence-corrected chi connectivity index (χ2v) is 3.98. The van der Waals surface area contributed by atoms with Gasteiger partial charge in [0.15, 0.2) is 0 Å². The average molecular weight is 254 g/mol. The number of hydrogen-bond acceptors (Lipinski definition) is 1. The molecule has 2 nitrogen and oxygen atoms in total. The maximum Gasteiger partial charge on any atom is 0.346 e. The molecule has 1 atom stereocenters. The van der Waals surface area contributed by atoms with E-state index >= 15 is 0 Å². The van der Waals surface area contributed by atoms with Gasteiger partial charge in [0, 0.05) is 18.1 Å². The van der Waals surface area contributed by atoms with E-state index in [2.05, 4.69) is 0 Å². The van der Waals surface area contributed by atoms with Gasteiger partial charge in [-0.25, -0.2) is 18.0 Å². The number of carbonyl (C=O) groups is 1. The van der Waals surface area contributed by atoms with Crippen LogP contribution < -0.4 is 0 Å². The van der Waals surface area contributed by atoms with Crippen LogP contribution in [0.1, 0.15) is 12.0 Å². The highest BCUT2D eigenvalue weighted by atomic mass is 19.2. The van der Waals surface area contributed by atoms with Crippen molar-refractivity contribution in [2.45, 2.75) is 12.1 Å². The highest BCUT2D eigenvalue weighted by Crippen LogP contribution is 2.40. The van der Waals surface area contributed by atoms with Crippen LogP contribution in [0.3, 0.4) is 0 Å². The molecule has 0 aliphatic heterocycles. The zero-order valence-electron chi connectivity index (χ0n) is 9.16. The number of hydrogen-bond donors (Lipinski definition) is 1. The van der Waals surface area contributed by atoms with Crippen molar-refractivity contribution in [1.29, 1.82) is 0 Å². The summed E-state index contributed by atoms with van der Waals surface area (Å²) in [5.41, 5.74) is -3.16. The van der Waals surface area contributed by atoms with E-state index in [1.807, 2.05) is 0 Å². The molecule has 0 spiro atoms. The molecule has 2 rings (SSSR count). The van der Waals surface area contributed by atoms with Crippen LogP contribution in [0.2, 0.25) is 0 Å². The molecular formula is C13H9F3O2. The number of allylic oxidation sites excluding steroid dienone is 3. The third-order valence-corrected chi connectivity index (χ3v) is 2.70. The molecule has 0 fully saturated rings. The fourth-order valence-electron chi connectivity index (χ4n) is 1.80. The van der Waals surface area contributed by atoms with E-state index in [0.717, 1.165) is 0 Å². The molecule has 0 radical (unpaired) electrons. The van der Waals surface area contributed by atoms with Crippen LogP contribution in [0.25, 0.3) is 5.57 Å². The monoisotopic (exact) mass is 254 g/mol. The van der Waals surface area contributed by atoms with Crippen molar-refractivity contribution in [3.05, 3.63) is 53.6 Å². The first-order chi connectivity index (χ1) is 8.44. The Morgan fingerprint density at radius 3 is 2.33 bits per heavy atom. The Morgan fingerprint density at radius 1 is 1.22 bits per heavy atom. The highest BCUT2D eigenvalue weighted by Gasteiger charge is 2.43. The average Bonchev–Trinajstić information content (AvgIpc) is 2.29. The van der Waals surface area contributed by atoms with Gasteiger partial charge in [-0.1, -0.05) is 30.3 Å². The third-order valence-electron chi connectivity index (χ3n) is 2.70. The molecule has 94 valence electrons. The second kappa shape index (κ2) is 4.33. The van der Waals surface area contributed by atoms with Crippen molar-refractivity contribution in [1.82, 2.24) is 0 Å². The molecule has 0 saturated carbocycles. The van der Waals surface area contributed by atoms with Crippen molar-refractivity contribution < 1.29 is 23.1 Å². The molecule has 0 heterocycles. The van der Waals surface area contributed by atoms with Gasteiger partial charge in [0.2, 0.25) is 5.67 Å². The van der Waals surface area contributed by atoms with Crippen molar-refractivity contribution in [3.63, 3.8) is 0 Å². The minimum atomic E-state index is -3.02. The Morgan fingerprint density at radius 2 is 1.83 bits per heavy atom. The summed E-state index contributed by atoms with van der Waals surface area (Å²) in [7, 11) is 0. The Hall–Kier alpha value is -2.04. The molecule has 1 aliphatic rings. The SMILES string of the molecule is O=C(O)C1(F)C=C(F)C(c2ccccc2)=C(F)C1. The zero-order valence-corrected chi connectivity index (χ0v) is 9.16. The summed E-state index contributed by atoms with van der Waals surface area (Å²) in [6.07, 6.45) is -0.694. The molecule has 1 N–H and O–H groups in total. The van der Waals surface area contributed by atoms with Gasteiger partial charge in [-0.15, -0.1) is 0 Å². The Balaban J connectivity index is 2.47. The second-order valence-electron chi connectivity index (χ2n) is 3.98. The van der Waals surface area contributed by atoms with Crippen molar-refractivity contribution >= 4 is 11.5 Å². The minimum absolute atomic E-state index is 0.246. The van der Waals surface area contributed by atoms with E-state index in [1.165, 1.54) is 12.1 Å². The number of benzene rings is 1. The minimum Gasteiger partial charge on any atom is -0.479 e. The molecule has 0 bridgehead atoms. The molecule has 5 heteroatoms. The van der Waals surface area contributed by atoms with Crippen LogP contribution in [-0.2, 0) is 4.79 Å². The normalized spacial score (nSPS) is 23.8. The lowest BCUT2D eigenvalue weighted by molar-refractivity contribution is -0.147. The first kappa shape index (κ1) is 12.4. The number of carboxylic acids is 1. The Bertz CT molecular complexity index is 549. The van der Waals surface area contributed by atoms with Gasteiger partial charge in [0.25, 0.3) is 0 Å². The van der Waals surface area contributed by atoms with E-state index in [0.29, 0.717) is 6.08 Å². The van der Waals surface area contributed by atoms with E-state index in [4.69, 9.17) is 5.11 Å². The first-order valence-electron chi connectivity index (χ1n) is 5.19. The summed E-state index contributed by atoms with van der Waals surface area (Å²) >= 11 is 0. The number of carboxylic acid groups (broad SMARTS) is 1. The summed E-state index contributed by atoms with van der Waals surface area (Å²) in [5.74, 6) is -4.21. The zero-order chi connectivity index (χ0) is 13.3. The number of rotatable bonds is 2. The molecule has 1 aromatic carbocycles. The van der Waals surface area contributed by atoms with Crippen LogP contribution in [0.5, 0.6) is 0 Å². The van der Waals surface area contributed by atoms with Gasteiger partial charge in [-0.05, 0) is 5.56 Å². The quantitative estimate of drug-likeness (QED) is 0.878. The smallest absolute Gasteiger partial charge is 0.346 e. The molecule has 18 heavy (non-hydrogen) atoms. The Labute approximate surface area is 101 Å². The predicted molar refractivity (Wildman–Crippen MR) is 59.8 cm³/mol. The molecule has 0 saturated heterocycles. The van der Waals surface area contributed by atoms with Crippen LogP contribution in [-0.4, -0.2) is 16.7 Å². The van der Waals surface area contributed by atoms with Gasteiger partial charge in [-0.2, -0.15) is 0 Å². The number of halogens is 3. The van der Waals surface area contributed by atoms with Crippen LogP contribution >= 0.6 is 0 Å². The lowest BCUT2D eigenvalue weighted by atomic mass is 9.89. The summed E-state index contributed by atoms with van der Waals surface area (Å²) in [6, 6.07) is 7.76. The maximum absolute atomic E-state index is 13.7. The van der Waals surface area contributed by atoms with Crippen LogP contribution in [0, 0.1) is 0 Å². The lowest BCUT2D eigenvalue weighted by Gasteiger charge is -2.22. The molecule has 0 amide bonds. The fourth-order valence-corrected chi connectivity index (χ4v) is 1.80. The van der Waals surface area contributed by atoms with E-state index in [-0.39, 0.29) is 11.1 Å². The van der Waals surface area contributed by atoms with Gasteiger partial charge in [0.05, 0.1) is 0 Å². The van der Waals surface area contributed by atoms with Crippen molar-refractivity contribution in [3.8, 4) is 0 Å². The van der Waals surface area contributed by atoms with Crippen molar-refractivity contribution in [2.75, 3.05) is 0 Å². The molecule has 1 aromatic rings. The molecular weight excluding hydrogens is 245 g/mol. The molecule has 0 aromatic heterocycles. The maximum atomic E-state index is 13.7. The Kier molecular flexibility index (Phi) is 2.98. The van der Waals surface area contributed by atoms with E-state index < -0.39 is 29.7 Å². The molecule has 1 unspecified atom stereocenters. The first-order valence-corrected chi connectivity index (χ1v) is 5.19. The largest absolute Gasteiger partial charge is 0.479 e. The topological polar surface area (TPSA) is 37.3 Å². The summed E-state index contributed by atoms with van der Waals surface area (Å²) in [5, 5.41) is 8.61. The van der Waals surface area contributed by atoms with Crippen LogP contribution in [0.4, 0.5) is 13.2 Å². The molecule has 1 aliphatic carbocycles. The summed E-state index contributed by atoms with van der Waals surface area (Å²) in [4.78, 5) is 10.6. The van der Waals surface area contributed by atoms with E-state index in [9.17, 15) is 18.0 Å².